The van der Waals surface area contributed by atoms with E-state index < -0.39 is 5.60 Å². The maximum atomic E-state index is 10.6. The molecule has 2 aromatic rings. The number of aromatic nitrogens is 1. The van der Waals surface area contributed by atoms with E-state index in [2.05, 4.69) is 30.9 Å². The third-order valence-electron chi connectivity index (χ3n) is 5.18. The largest absolute Gasteiger partial charge is 0.439 e. The van der Waals surface area contributed by atoms with E-state index in [0.717, 1.165) is 55.0 Å². The molecule has 0 radical (unpaired) electrons. The number of rotatable bonds is 6. The fraction of sp³-hybridized carbons (Fsp3) is 0.550. The molecule has 4 nitrogen and oxygen atoms in total. The van der Waals surface area contributed by atoms with Crippen molar-refractivity contribution >= 4 is 0 Å². The van der Waals surface area contributed by atoms with Crippen molar-refractivity contribution in [2.75, 3.05) is 13.6 Å². The molecule has 3 rings (SSSR count). The highest BCUT2D eigenvalue weighted by atomic mass is 16.4. The predicted molar refractivity (Wildman–Crippen MR) is 95.8 cm³/mol. The number of aliphatic hydroxyl groups is 1. The second-order valence-electron chi connectivity index (χ2n) is 7.07. The van der Waals surface area contributed by atoms with E-state index in [1.807, 2.05) is 25.2 Å². The normalized spacial score (nSPS) is 18.2. The summed E-state index contributed by atoms with van der Waals surface area (Å²) in [5.41, 5.74) is 1.51. The van der Waals surface area contributed by atoms with Crippen molar-refractivity contribution in [2.24, 2.45) is 0 Å². The first-order valence-electron chi connectivity index (χ1n) is 9.00. The Labute approximate surface area is 144 Å². The maximum absolute atomic E-state index is 10.6. The summed E-state index contributed by atoms with van der Waals surface area (Å²) in [6.45, 7) is 4.86. The Kier molecular flexibility index (Phi) is 5.07. The number of hydrogen-bond donors (Lipinski definition) is 1. The van der Waals surface area contributed by atoms with Crippen LogP contribution in [0.25, 0.3) is 11.3 Å². The van der Waals surface area contributed by atoms with E-state index in [1.165, 1.54) is 0 Å². The lowest BCUT2D eigenvalue weighted by molar-refractivity contribution is 0.00423. The molecule has 1 aromatic carbocycles. The minimum absolute atomic E-state index is 0.0392. The molecule has 1 heterocycles. The molecule has 130 valence electrons. The Morgan fingerprint density at radius 3 is 2.54 bits per heavy atom. The number of benzene rings is 1. The molecule has 1 aliphatic rings. The fourth-order valence-electron chi connectivity index (χ4n) is 3.58. The minimum Gasteiger partial charge on any atom is -0.439 e. The van der Waals surface area contributed by atoms with Crippen LogP contribution in [-0.4, -0.2) is 34.2 Å². The Morgan fingerprint density at radius 1 is 1.25 bits per heavy atom. The topological polar surface area (TPSA) is 49.5 Å². The van der Waals surface area contributed by atoms with Crippen molar-refractivity contribution in [3.8, 4) is 11.3 Å². The number of hydrogen-bond acceptors (Lipinski definition) is 4. The highest BCUT2D eigenvalue weighted by Crippen LogP contribution is 2.33. The molecule has 1 atom stereocenters. The zero-order valence-corrected chi connectivity index (χ0v) is 15.0. The first-order chi connectivity index (χ1) is 11.5. The van der Waals surface area contributed by atoms with Crippen molar-refractivity contribution in [3.05, 3.63) is 41.9 Å². The average Bonchev–Trinajstić information content (AvgIpc) is 3.21. The van der Waals surface area contributed by atoms with Gasteiger partial charge in [-0.25, -0.2) is 4.98 Å². The SMILES string of the molecule is CCc1nc(C(C)N(C)CC2(O)CCCC2)oc1-c1ccccc1. The van der Waals surface area contributed by atoms with Gasteiger partial charge in [0.15, 0.2) is 5.76 Å². The minimum atomic E-state index is -0.550. The number of oxazole rings is 1. The molecular formula is C20H28N2O2. The van der Waals surface area contributed by atoms with Gasteiger partial charge in [-0.3, -0.25) is 4.90 Å². The van der Waals surface area contributed by atoms with E-state index >= 15 is 0 Å². The van der Waals surface area contributed by atoms with Gasteiger partial charge in [-0.15, -0.1) is 0 Å². The van der Waals surface area contributed by atoms with Crippen LogP contribution in [0.5, 0.6) is 0 Å². The monoisotopic (exact) mass is 328 g/mol. The van der Waals surface area contributed by atoms with Gasteiger partial charge in [0.25, 0.3) is 0 Å². The van der Waals surface area contributed by atoms with Crippen molar-refractivity contribution in [3.63, 3.8) is 0 Å². The lowest BCUT2D eigenvalue weighted by atomic mass is 10.0. The summed E-state index contributed by atoms with van der Waals surface area (Å²) < 4.78 is 6.14. The van der Waals surface area contributed by atoms with E-state index in [0.29, 0.717) is 6.54 Å². The fourth-order valence-corrected chi connectivity index (χ4v) is 3.58. The molecule has 1 fully saturated rings. The molecular weight excluding hydrogens is 300 g/mol. The van der Waals surface area contributed by atoms with Crippen molar-refractivity contribution in [1.82, 2.24) is 9.88 Å². The van der Waals surface area contributed by atoms with Gasteiger partial charge in [0.2, 0.25) is 5.89 Å². The van der Waals surface area contributed by atoms with E-state index in [9.17, 15) is 5.11 Å². The Bertz CT molecular complexity index is 660. The van der Waals surface area contributed by atoms with Crippen LogP contribution in [0.3, 0.4) is 0 Å². The number of aryl methyl sites for hydroxylation is 1. The molecule has 0 spiro atoms. The summed E-state index contributed by atoms with van der Waals surface area (Å²) in [6.07, 6.45) is 4.87. The Balaban J connectivity index is 1.80. The lowest BCUT2D eigenvalue weighted by Crippen LogP contribution is -2.40. The molecule has 24 heavy (non-hydrogen) atoms. The highest BCUT2D eigenvalue weighted by Gasteiger charge is 2.34. The van der Waals surface area contributed by atoms with Gasteiger partial charge in [0.05, 0.1) is 17.3 Å². The summed E-state index contributed by atoms with van der Waals surface area (Å²) in [6, 6.07) is 10.2. The van der Waals surface area contributed by atoms with Crippen LogP contribution in [0.2, 0.25) is 0 Å². The zero-order chi connectivity index (χ0) is 17.2. The van der Waals surface area contributed by atoms with Crippen LogP contribution in [0, 0.1) is 0 Å². The molecule has 1 aliphatic carbocycles. The second kappa shape index (κ2) is 7.08. The van der Waals surface area contributed by atoms with Crippen LogP contribution < -0.4 is 0 Å². The molecule has 0 bridgehead atoms. The summed E-state index contributed by atoms with van der Waals surface area (Å²) in [4.78, 5) is 6.89. The molecule has 0 aliphatic heterocycles. The second-order valence-corrected chi connectivity index (χ2v) is 7.07. The van der Waals surface area contributed by atoms with Crippen LogP contribution in [0.4, 0.5) is 0 Å². The number of likely N-dealkylation sites (N-methyl/N-ethyl adjacent to an activating group) is 1. The summed E-state index contributed by atoms with van der Waals surface area (Å²) in [7, 11) is 2.04. The lowest BCUT2D eigenvalue weighted by Gasteiger charge is -2.31. The third-order valence-corrected chi connectivity index (χ3v) is 5.18. The van der Waals surface area contributed by atoms with Crippen LogP contribution >= 0.6 is 0 Å². The van der Waals surface area contributed by atoms with Crippen LogP contribution in [0.15, 0.2) is 34.7 Å². The molecule has 1 saturated carbocycles. The molecule has 1 N–H and O–H groups in total. The van der Waals surface area contributed by atoms with Crippen LogP contribution in [-0.2, 0) is 6.42 Å². The van der Waals surface area contributed by atoms with E-state index in [-0.39, 0.29) is 6.04 Å². The van der Waals surface area contributed by atoms with Gasteiger partial charge in [-0.2, -0.15) is 0 Å². The molecule has 4 heteroatoms. The summed E-state index contributed by atoms with van der Waals surface area (Å²) in [5, 5.41) is 10.6. The Hall–Kier alpha value is -1.65. The van der Waals surface area contributed by atoms with Gasteiger partial charge in [-0.05, 0) is 33.2 Å². The van der Waals surface area contributed by atoms with Gasteiger partial charge in [0.1, 0.15) is 0 Å². The van der Waals surface area contributed by atoms with E-state index in [1.54, 1.807) is 0 Å². The first kappa shape index (κ1) is 17.2. The van der Waals surface area contributed by atoms with Crippen molar-refractivity contribution < 1.29 is 9.52 Å². The molecule has 0 saturated heterocycles. The van der Waals surface area contributed by atoms with Gasteiger partial charge in [0, 0.05) is 12.1 Å². The van der Waals surface area contributed by atoms with Gasteiger partial charge in [-0.1, -0.05) is 50.1 Å². The zero-order valence-electron chi connectivity index (χ0n) is 15.0. The van der Waals surface area contributed by atoms with Crippen molar-refractivity contribution in [2.45, 2.75) is 57.6 Å². The maximum Gasteiger partial charge on any atom is 0.212 e. The van der Waals surface area contributed by atoms with Gasteiger partial charge >= 0.3 is 0 Å². The third kappa shape index (κ3) is 3.55. The van der Waals surface area contributed by atoms with Crippen LogP contribution in [0.1, 0.15) is 57.2 Å². The van der Waals surface area contributed by atoms with Crippen molar-refractivity contribution in [1.29, 1.82) is 0 Å². The highest BCUT2D eigenvalue weighted by molar-refractivity contribution is 5.59. The first-order valence-corrected chi connectivity index (χ1v) is 9.00. The van der Waals surface area contributed by atoms with Gasteiger partial charge < -0.3 is 9.52 Å². The molecule has 1 unspecified atom stereocenters. The Morgan fingerprint density at radius 2 is 1.92 bits per heavy atom. The summed E-state index contributed by atoms with van der Waals surface area (Å²) in [5.74, 6) is 1.60. The number of nitrogens with zero attached hydrogens (tertiary/aromatic N) is 2. The average molecular weight is 328 g/mol. The standard InChI is InChI=1S/C20H28N2O2/c1-4-17-18(16-10-6-5-7-11-16)24-19(21-17)15(2)22(3)14-20(23)12-8-9-13-20/h5-7,10-11,15,23H,4,8-9,12-14H2,1-3H3. The predicted octanol–water partition coefficient (Wildman–Crippen LogP) is 4.20. The quantitative estimate of drug-likeness (QED) is 0.863. The smallest absolute Gasteiger partial charge is 0.212 e. The van der Waals surface area contributed by atoms with E-state index in [4.69, 9.17) is 9.40 Å². The summed E-state index contributed by atoms with van der Waals surface area (Å²) >= 11 is 0. The molecule has 0 amide bonds. The molecule has 1 aromatic heterocycles.